The van der Waals surface area contributed by atoms with Gasteiger partial charge < -0.3 is 9.84 Å². The number of halogens is 1. The summed E-state index contributed by atoms with van der Waals surface area (Å²) in [6.07, 6.45) is 3.07. The molecule has 1 heterocycles. The van der Waals surface area contributed by atoms with E-state index in [-0.39, 0.29) is 22.3 Å². The zero-order valence-corrected chi connectivity index (χ0v) is 14.4. The average molecular weight is 360 g/mol. The van der Waals surface area contributed by atoms with Crippen LogP contribution in [0.5, 0.6) is 11.5 Å². The number of rotatable bonds is 5. The molecule has 0 bridgehead atoms. The molecule has 6 heteroatoms. The van der Waals surface area contributed by atoms with Crippen molar-refractivity contribution in [2.45, 2.75) is 6.92 Å². The second-order valence-corrected chi connectivity index (χ2v) is 6.40. The molecule has 24 heavy (non-hydrogen) atoms. The van der Waals surface area contributed by atoms with Gasteiger partial charge in [-0.2, -0.15) is 0 Å². The van der Waals surface area contributed by atoms with E-state index in [1.807, 2.05) is 31.2 Å². The van der Waals surface area contributed by atoms with Gasteiger partial charge in [0.1, 0.15) is 0 Å². The number of nitrogens with zero attached hydrogens (tertiary/aromatic N) is 1. The molecule has 0 saturated heterocycles. The SMILES string of the molecule is CCOc1cc(/C=C/C(=O)c2nc3ccccc3s2)cc(Cl)c1O. The first-order valence-electron chi connectivity index (χ1n) is 7.31. The fourth-order valence-corrected chi connectivity index (χ4v) is 3.28. The molecule has 0 aliphatic rings. The Labute approximate surface area is 148 Å². The highest BCUT2D eigenvalue weighted by Crippen LogP contribution is 2.35. The summed E-state index contributed by atoms with van der Waals surface area (Å²) in [6.45, 7) is 2.22. The van der Waals surface area contributed by atoms with Crippen LogP contribution in [-0.4, -0.2) is 22.5 Å². The van der Waals surface area contributed by atoms with Crippen LogP contribution in [0.1, 0.15) is 22.3 Å². The van der Waals surface area contributed by atoms with Gasteiger partial charge in [-0.3, -0.25) is 4.79 Å². The summed E-state index contributed by atoms with van der Waals surface area (Å²) in [5.41, 5.74) is 1.47. The number of allylic oxidation sites excluding steroid dienone is 1. The number of aromatic nitrogens is 1. The Morgan fingerprint density at radius 3 is 2.92 bits per heavy atom. The van der Waals surface area contributed by atoms with Crippen molar-refractivity contribution in [2.24, 2.45) is 0 Å². The zero-order valence-electron chi connectivity index (χ0n) is 12.8. The van der Waals surface area contributed by atoms with Crippen molar-refractivity contribution < 1.29 is 14.6 Å². The summed E-state index contributed by atoms with van der Waals surface area (Å²) in [5.74, 6) is 0.00334. The van der Waals surface area contributed by atoms with Crippen molar-refractivity contribution in [3.63, 3.8) is 0 Å². The number of fused-ring (bicyclic) bond motifs is 1. The highest BCUT2D eigenvalue weighted by Gasteiger charge is 2.11. The fourth-order valence-electron chi connectivity index (χ4n) is 2.18. The first-order chi connectivity index (χ1) is 11.6. The number of carbonyl (C=O) groups excluding carboxylic acids is 1. The van der Waals surface area contributed by atoms with Crippen molar-refractivity contribution in [2.75, 3.05) is 6.61 Å². The summed E-state index contributed by atoms with van der Waals surface area (Å²) in [7, 11) is 0. The van der Waals surface area contributed by atoms with E-state index in [0.717, 1.165) is 10.2 Å². The number of ketones is 1. The van der Waals surface area contributed by atoms with E-state index in [9.17, 15) is 9.90 Å². The molecule has 3 rings (SSSR count). The van der Waals surface area contributed by atoms with Crippen molar-refractivity contribution in [1.82, 2.24) is 4.98 Å². The minimum Gasteiger partial charge on any atom is -0.503 e. The van der Waals surface area contributed by atoms with Crippen molar-refractivity contribution in [3.05, 3.63) is 58.1 Å². The predicted octanol–water partition coefficient (Wildman–Crippen LogP) is 4.95. The fraction of sp³-hybridized carbons (Fsp3) is 0.111. The molecule has 4 nitrogen and oxygen atoms in total. The van der Waals surface area contributed by atoms with Crippen LogP contribution < -0.4 is 4.74 Å². The summed E-state index contributed by atoms with van der Waals surface area (Å²) >= 11 is 7.34. The van der Waals surface area contributed by atoms with Gasteiger partial charge in [-0.1, -0.05) is 29.8 Å². The average Bonchev–Trinajstić information content (AvgIpc) is 3.01. The number of para-hydroxylation sites is 1. The Balaban J connectivity index is 1.85. The van der Waals surface area contributed by atoms with Gasteiger partial charge in [0.15, 0.2) is 16.5 Å². The van der Waals surface area contributed by atoms with Gasteiger partial charge in [0.05, 0.1) is 21.8 Å². The highest BCUT2D eigenvalue weighted by molar-refractivity contribution is 7.20. The third kappa shape index (κ3) is 3.42. The number of hydrogen-bond acceptors (Lipinski definition) is 5. The predicted molar refractivity (Wildman–Crippen MR) is 97.3 cm³/mol. The van der Waals surface area contributed by atoms with Crippen molar-refractivity contribution >= 4 is 45.0 Å². The lowest BCUT2D eigenvalue weighted by Gasteiger charge is -2.08. The van der Waals surface area contributed by atoms with Crippen LogP contribution in [0, 0.1) is 0 Å². The Hall–Kier alpha value is -2.37. The molecule has 0 fully saturated rings. The molecule has 0 saturated carbocycles. The van der Waals surface area contributed by atoms with E-state index in [1.54, 1.807) is 18.2 Å². The molecule has 1 aromatic heterocycles. The third-order valence-electron chi connectivity index (χ3n) is 3.28. The molecule has 0 radical (unpaired) electrons. The van der Waals surface area contributed by atoms with Crippen LogP contribution >= 0.6 is 22.9 Å². The monoisotopic (exact) mass is 359 g/mol. The van der Waals surface area contributed by atoms with E-state index < -0.39 is 0 Å². The molecular formula is C18H14ClNO3S. The molecule has 0 aliphatic carbocycles. The molecule has 0 aliphatic heterocycles. The zero-order chi connectivity index (χ0) is 17.1. The quantitative estimate of drug-likeness (QED) is 0.517. The molecule has 2 aromatic carbocycles. The topological polar surface area (TPSA) is 59.4 Å². The minimum atomic E-state index is -0.182. The number of hydrogen-bond donors (Lipinski definition) is 1. The maximum absolute atomic E-state index is 12.3. The van der Waals surface area contributed by atoms with Crippen LogP contribution in [-0.2, 0) is 0 Å². The standard InChI is InChI=1S/C18H14ClNO3S/c1-2-23-15-10-11(9-12(19)17(15)22)7-8-14(21)18-20-13-5-3-4-6-16(13)24-18/h3-10,22H,2H2,1H3/b8-7+. The molecule has 0 spiro atoms. The van der Waals surface area contributed by atoms with E-state index in [2.05, 4.69) is 4.98 Å². The Bertz CT molecular complexity index is 900. The first kappa shape index (κ1) is 16.5. The van der Waals surface area contributed by atoms with E-state index >= 15 is 0 Å². The lowest BCUT2D eigenvalue weighted by atomic mass is 10.1. The highest BCUT2D eigenvalue weighted by atomic mass is 35.5. The third-order valence-corrected chi connectivity index (χ3v) is 4.62. The van der Waals surface area contributed by atoms with E-state index in [4.69, 9.17) is 16.3 Å². The van der Waals surface area contributed by atoms with Crippen LogP contribution in [0.4, 0.5) is 0 Å². The normalized spacial score (nSPS) is 11.2. The summed E-state index contributed by atoms with van der Waals surface area (Å²) in [5, 5.41) is 10.4. The molecule has 122 valence electrons. The summed E-state index contributed by atoms with van der Waals surface area (Å²) in [4.78, 5) is 16.6. The maximum Gasteiger partial charge on any atom is 0.214 e. The number of aromatic hydroxyl groups is 1. The number of thiazole rings is 1. The molecule has 0 unspecified atom stereocenters. The van der Waals surface area contributed by atoms with E-state index in [0.29, 0.717) is 17.2 Å². The number of carbonyl (C=O) groups is 1. The van der Waals surface area contributed by atoms with Gasteiger partial charge in [-0.05, 0) is 42.8 Å². The van der Waals surface area contributed by atoms with Gasteiger partial charge >= 0.3 is 0 Å². The van der Waals surface area contributed by atoms with Gasteiger partial charge in [0.2, 0.25) is 5.78 Å². The second-order valence-electron chi connectivity index (χ2n) is 4.97. The lowest BCUT2D eigenvalue weighted by Crippen LogP contribution is -1.94. The van der Waals surface area contributed by atoms with Crippen molar-refractivity contribution in [1.29, 1.82) is 0 Å². The molecule has 1 N–H and O–H groups in total. The van der Waals surface area contributed by atoms with E-state index in [1.165, 1.54) is 17.4 Å². The number of benzene rings is 2. The summed E-state index contributed by atoms with van der Waals surface area (Å²) < 4.78 is 6.30. The number of ether oxygens (including phenoxy) is 1. The van der Waals surface area contributed by atoms with Crippen LogP contribution in [0.25, 0.3) is 16.3 Å². The van der Waals surface area contributed by atoms with Gasteiger partial charge in [-0.25, -0.2) is 4.98 Å². The van der Waals surface area contributed by atoms with Gasteiger partial charge in [0.25, 0.3) is 0 Å². The van der Waals surface area contributed by atoms with Gasteiger partial charge in [-0.15, -0.1) is 11.3 Å². The maximum atomic E-state index is 12.3. The Morgan fingerprint density at radius 2 is 2.17 bits per heavy atom. The molecule has 0 atom stereocenters. The Morgan fingerprint density at radius 1 is 1.38 bits per heavy atom. The van der Waals surface area contributed by atoms with Crippen LogP contribution in [0.2, 0.25) is 5.02 Å². The first-order valence-corrected chi connectivity index (χ1v) is 8.51. The second kappa shape index (κ2) is 7.03. The largest absolute Gasteiger partial charge is 0.503 e. The lowest BCUT2D eigenvalue weighted by molar-refractivity contribution is 0.104. The van der Waals surface area contributed by atoms with Crippen LogP contribution in [0.15, 0.2) is 42.5 Å². The smallest absolute Gasteiger partial charge is 0.214 e. The summed E-state index contributed by atoms with van der Waals surface area (Å²) in [6, 6.07) is 10.8. The number of phenols is 1. The minimum absolute atomic E-state index is 0.104. The molecule has 0 amide bonds. The van der Waals surface area contributed by atoms with Gasteiger partial charge in [0, 0.05) is 0 Å². The number of phenolic OH excluding ortho intramolecular Hbond substituents is 1. The van der Waals surface area contributed by atoms with Crippen LogP contribution in [0.3, 0.4) is 0 Å². The molecule has 3 aromatic rings. The molecular weight excluding hydrogens is 346 g/mol. The van der Waals surface area contributed by atoms with Crippen molar-refractivity contribution in [3.8, 4) is 11.5 Å². The Kier molecular flexibility index (Phi) is 4.83.